The molecular weight excluding hydrogens is 362 g/mol. The number of anilines is 1. The zero-order valence-corrected chi connectivity index (χ0v) is 14.0. The second-order valence-electron chi connectivity index (χ2n) is 5.35. The minimum atomic E-state index is -1.04. The van der Waals surface area contributed by atoms with Gasteiger partial charge in [-0.3, -0.25) is 9.97 Å². The Labute approximate surface area is 153 Å². The Hall–Kier alpha value is -3.06. The van der Waals surface area contributed by atoms with E-state index in [1.807, 2.05) is 0 Å². The van der Waals surface area contributed by atoms with E-state index < -0.39 is 23.7 Å². The van der Waals surface area contributed by atoms with Crippen LogP contribution in [0.5, 0.6) is 0 Å². The van der Waals surface area contributed by atoms with Crippen molar-refractivity contribution in [3.05, 3.63) is 89.0 Å². The first-order valence-corrected chi connectivity index (χ1v) is 7.94. The monoisotopic (exact) mass is 374 g/mol. The minimum Gasteiger partial charge on any atom is -0.325 e. The Kier molecular flexibility index (Phi) is 5.38. The average molecular weight is 375 g/mol. The molecule has 2 heterocycles. The van der Waals surface area contributed by atoms with Gasteiger partial charge in [0.2, 0.25) is 0 Å². The fourth-order valence-corrected chi connectivity index (χ4v) is 2.63. The predicted molar refractivity (Wildman–Crippen MR) is 93.8 cm³/mol. The van der Waals surface area contributed by atoms with Gasteiger partial charge in [0, 0.05) is 17.4 Å². The number of carbonyl (C=O) groups is 1. The molecule has 0 aliphatic heterocycles. The lowest BCUT2D eigenvalue weighted by atomic mass is 10.0. The van der Waals surface area contributed by atoms with Crippen molar-refractivity contribution in [1.82, 2.24) is 15.3 Å². The number of amides is 2. The van der Waals surface area contributed by atoms with Crippen LogP contribution in [0.4, 0.5) is 19.3 Å². The zero-order valence-electron chi connectivity index (χ0n) is 13.3. The summed E-state index contributed by atoms with van der Waals surface area (Å²) in [6.45, 7) is 0. The lowest BCUT2D eigenvalue weighted by molar-refractivity contribution is 0.249. The maximum Gasteiger partial charge on any atom is 0.320 e. The lowest BCUT2D eigenvalue weighted by Crippen LogP contribution is -2.34. The zero-order chi connectivity index (χ0) is 18.5. The highest BCUT2D eigenvalue weighted by Gasteiger charge is 2.22. The van der Waals surface area contributed by atoms with Crippen LogP contribution in [-0.2, 0) is 0 Å². The SMILES string of the molecule is O=C(Nc1cccnc1)NC(c1cc(F)cc(Cl)c1)c1ncccc1F. The predicted octanol–water partition coefficient (Wildman–Crippen LogP) is 4.32. The molecule has 0 radical (unpaired) electrons. The van der Waals surface area contributed by atoms with Crippen molar-refractivity contribution < 1.29 is 13.6 Å². The highest BCUT2D eigenvalue weighted by atomic mass is 35.5. The van der Waals surface area contributed by atoms with Crippen LogP contribution in [0.3, 0.4) is 0 Å². The normalized spacial score (nSPS) is 11.7. The smallest absolute Gasteiger partial charge is 0.320 e. The highest BCUT2D eigenvalue weighted by Crippen LogP contribution is 2.26. The summed E-state index contributed by atoms with van der Waals surface area (Å²) in [5, 5.41) is 5.28. The number of urea groups is 1. The van der Waals surface area contributed by atoms with E-state index in [0.29, 0.717) is 5.69 Å². The standard InChI is InChI=1S/C18H13ClF2N4O/c19-12-7-11(8-13(20)9-12)16(17-15(21)4-2-6-23-17)25-18(26)24-14-3-1-5-22-10-14/h1-10,16H,(H2,24,25,26). The number of hydrogen-bond acceptors (Lipinski definition) is 3. The number of halogens is 3. The first-order chi connectivity index (χ1) is 12.5. The average Bonchev–Trinajstić information content (AvgIpc) is 2.60. The van der Waals surface area contributed by atoms with Gasteiger partial charge in [0.05, 0.1) is 11.9 Å². The molecule has 2 N–H and O–H groups in total. The number of rotatable bonds is 4. The maximum atomic E-state index is 14.2. The molecule has 1 unspecified atom stereocenters. The van der Waals surface area contributed by atoms with Crippen molar-refractivity contribution in [2.75, 3.05) is 5.32 Å². The summed E-state index contributed by atoms with van der Waals surface area (Å²) in [6.07, 6.45) is 4.39. The Morgan fingerprint density at radius 1 is 1.12 bits per heavy atom. The van der Waals surface area contributed by atoms with E-state index in [-0.39, 0.29) is 16.3 Å². The maximum absolute atomic E-state index is 14.2. The van der Waals surface area contributed by atoms with Crippen LogP contribution in [0.25, 0.3) is 0 Å². The molecule has 0 saturated heterocycles. The Bertz CT molecular complexity index is 904. The Morgan fingerprint density at radius 3 is 2.62 bits per heavy atom. The van der Waals surface area contributed by atoms with Crippen LogP contribution < -0.4 is 10.6 Å². The van der Waals surface area contributed by atoms with Crippen LogP contribution in [0.2, 0.25) is 5.02 Å². The molecule has 26 heavy (non-hydrogen) atoms. The van der Waals surface area contributed by atoms with Crippen molar-refractivity contribution >= 4 is 23.3 Å². The number of nitrogens with zero attached hydrogens (tertiary/aromatic N) is 2. The van der Waals surface area contributed by atoms with Gasteiger partial charge < -0.3 is 10.6 Å². The summed E-state index contributed by atoms with van der Waals surface area (Å²) < 4.78 is 28.0. The molecule has 0 spiro atoms. The molecular formula is C18H13ClF2N4O. The van der Waals surface area contributed by atoms with E-state index in [1.54, 1.807) is 18.3 Å². The van der Waals surface area contributed by atoms with E-state index in [1.165, 1.54) is 30.6 Å². The number of nitrogens with one attached hydrogen (secondary N) is 2. The van der Waals surface area contributed by atoms with Crippen LogP contribution in [0.1, 0.15) is 17.3 Å². The molecule has 0 aliphatic rings. The fraction of sp³-hybridized carbons (Fsp3) is 0.0556. The van der Waals surface area contributed by atoms with Gasteiger partial charge in [-0.15, -0.1) is 0 Å². The summed E-state index contributed by atoms with van der Waals surface area (Å²) in [4.78, 5) is 20.2. The molecule has 0 fully saturated rings. The number of carbonyl (C=O) groups excluding carboxylic acids is 1. The third kappa shape index (κ3) is 4.31. The van der Waals surface area contributed by atoms with Gasteiger partial charge in [0.1, 0.15) is 23.4 Å². The van der Waals surface area contributed by atoms with E-state index in [0.717, 1.165) is 12.1 Å². The summed E-state index contributed by atoms with van der Waals surface area (Å²) in [5.41, 5.74) is 0.645. The summed E-state index contributed by atoms with van der Waals surface area (Å²) in [7, 11) is 0. The molecule has 2 aromatic heterocycles. The molecule has 8 heteroatoms. The number of aromatic nitrogens is 2. The largest absolute Gasteiger partial charge is 0.325 e. The molecule has 0 aliphatic carbocycles. The van der Waals surface area contributed by atoms with Gasteiger partial charge >= 0.3 is 6.03 Å². The third-order valence-electron chi connectivity index (χ3n) is 3.47. The molecule has 1 atom stereocenters. The fourth-order valence-electron chi connectivity index (χ4n) is 2.40. The third-order valence-corrected chi connectivity index (χ3v) is 3.69. The molecule has 132 valence electrons. The van der Waals surface area contributed by atoms with Crippen molar-refractivity contribution in [2.45, 2.75) is 6.04 Å². The van der Waals surface area contributed by atoms with Gasteiger partial charge in [-0.1, -0.05) is 11.6 Å². The van der Waals surface area contributed by atoms with Crippen LogP contribution in [0, 0.1) is 11.6 Å². The molecule has 3 rings (SSSR count). The first kappa shape index (κ1) is 17.8. The minimum absolute atomic E-state index is 0.0597. The van der Waals surface area contributed by atoms with Crippen LogP contribution in [0.15, 0.2) is 61.1 Å². The van der Waals surface area contributed by atoms with Crippen molar-refractivity contribution in [2.24, 2.45) is 0 Å². The van der Waals surface area contributed by atoms with Gasteiger partial charge in [-0.05, 0) is 48.0 Å². The Morgan fingerprint density at radius 2 is 1.92 bits per heavy atom. The molecule has 0 saturated carbocycles. The molecule has 0 bridgehead atoms. The van der Waals surface area contributed by atoms with Crippen molar-refractivity contribution in [3.8, 4) is 0 Å². The summed E-state index contributed by atoms with van der Waals surface area (Å²) in [6, 6.07) is 7.96. The van der Waals surface area contributed by atoms with Gasteiger partial charge in [0.15, 0.2) is 0 Å². The molecule has 1 aromatic carbocycles. The highest BCUT2D eigenvalue weighted by molar-refractivity contribution is 6.30. The van der Waals surface area contributed by atoms with E-state index in [9.17, 15) is 13.6 Å². The van der Waals surface area contributed by atoms with Crippen molar-refractivity contribution in [1.29, 1.82) is 0 Å². The molecule has 3 aromatic rings. The van der Waals surface area contributed by atoms with Gasteiger partial charge in [0.25, 0.3) is 0 Å². The van der Waals surface area contributed by atoms with Crippen LogP contribution in [-0.4, -0.2) is 16.0 Å². The first-order valence-electron chi connectivity index (χ1n) is 7.57. The second-order valence-corrected chi connectivity index (χ2v) is 5.78. The lowest BCUT2D eigenvalue weighted by Gasteiger charge is -2.20. The number of pyridine rings is 2. The topological polar surface area (TPSA) is 66.9 Å². The van der Waals surface area contributed by atoms with Gasteiger partial charge in [-0.2, -0.15) is 0 Å². The summed E-state index contributed by atoms with van der Waals surface area (Å²) in [5.74, 6) is -1.25. The number of benzene rings is 1. The quantitative estimate of drug-likeness (QED) is 0.714. The van der Waals surface area contributed by atoms with Gasteiger partial charge in [-0.25, -0.2) is 13.6 Å². The Balaban J connectivity index is 1.93. The number of hydrogen-bond donors (Lipinski definition) is 2. The van der Waals surface area contributed by atoms with Crippen LogP contribution >= 0.6 is 11.6 Å². The van der Waals surface area contributed by atoms with E-state index >= 15 is 0 Å². The van der Waals surface area contributed by atoms with Crippen molar-refractivity contribution in [3.63, 3.8) is 0 Å². The molecule has 5 nitrogen and oxygen atoms in total. The van der Waals surface area contributed by atoms with E-state index in [2.05, 4.69) is 20.6 Å². The van der Waals surface area contributed by atoms with E-state index in [4.69, 9.17) is 11.6 Å². The second kappa shape index (κ2) is 7.88. The summed E-state index contributed by atoms with van der Waals surface area (Å²) >= 11 is 5.90. The molecule has 2 amide bonds.